The van der Waals surface area contributed by atoms with E-state index in [1.165, 1.54) is 6.42 Å². The predicted octanol–water partition coefficient (Wildman–Crippen LogP) is 3.09. The van der Waals surface area contributed by atoms with Crippen LogP contribution in [0.1, 0.15) is 24.8 Å². The van der Waals surface area contributed by atoms with Gasteiger partial charge < -0.3 is 15.4 Å². The summed E-state index contributed by atoms with van der Waals surface area (Å²) in [5.41, 5.74) is 1.84. The fraction of sp³-hybridized carbons (Fsp3) is 0.444. The molecule has 3 N–H and O–H groups in total. The number of hydrogen-bond donors (Lipinski definition) is 3. The lowest BCUT2D eigenvalue weighted by Gasteiger charge is -2.15. The van der Waals surface area contributed by atoms with Gasteiger partial charge in [-0.3, -0.25) is 4.79 Å². The summed E-state index contributed by atoms with van der Waals surface area (Å²) < 4.78 is 0.920. The van der Waals surface area contributed by atoms with E-state index in [9.17, 15) is 14.7 Å². The largest absolute Gasteiger partial charge is 0.480 e. The van der Waals surface area contributed by atoms with Crippen LogP contribution in [0.15, 0.2) is 28.9 Å². The molecule has 6 heteroatoms. The first-order valence-electron chi connectivity index (χ1n) is 8.34. The fourth-order valence-electron chi connectivity index (χ4n) is 4.27. The van der Waals surface area contributed by atoms with Gasteiger partial charge in [-0.1, -0.05) is 28.4 Å². The van der Waals surface area contributed by atoms with Crippen molar-refractivity contribution in [3.63, 3.8) is 0 Å². The Morgan fingerprint density at radius 1 is 1.33 bits per heavy atom. The molecular weight excluding hydrogens is 372 g/mol. The topological polar surface area (TPSA) is 82.2 Å². The Bertz CT molecular complexity index is 806. The maximum Gasteiger partial charge on any atom is 0.326 e. The molecule has 24 heavy (non-hydrogen) atoms. The number of rotatable bonds is 5. The number of carbonyl (C=O) groups is 2. The lowest BCUT2D eigenvalue weighted by atomic mass is 10.0. The average Bonchev–Trinajstić information content (AvgIpc) is 2.88. The lowest BCUT2D eigenvalue weighted by molar-refractivity contribution is -0.142. The van der Waals surface area contributed by atoms with Gasteiger partial charge in [0.2, 0.25) is 5.91 Å². The first-order chi connectivity index (χ1) is 11.6. The number of hydrogen-bond acceptors (Lipinski definition) is 2. The molecule has 2 fully saturated rings. The molecule has 3 atom stereocenters. The molecule has 126 valence electrons. The zero-order chi connectivity index (χ0) is 16.8. The summed E-state index contributed by atoms with van der Waals surface area (Å²) >= 11 is 3.52. The number of halogens is 1. The summed E-state index contributed by atoms with van der Waals surface area (Å²) in [5.74, 6) is -0.0646. The summed E-state index contributed by atoms with van der Waals surface area (Å²) in [4.78, 5) is 27.2. The van der Waals surface area contributed by atoms with Crippen molar-refractivity contribution in [1.29, 1.82) is 0 Å². The summed E-state index contributed by atoms with van der Waals surface area (Å²) in [6.45, 7) is 0. The number of H-pyrrole nitrogens is 1. The number of aromatic nitrogens is 1. The highest BCUT2D eigenvalue weighted by molar-refractivity contribution is 9.10. The predicted molar refractivity (Wildman–Crippen MR) is 93.6 cm³/mol. The molecule has 4 rings (SSSR count). The third kappa shape index (κ3) is 2.62. The van der Waals surface area contributed by atoms with Crippen molar-refractivity contribution in [1.82, 2.24) is 10.3 Å². The van der Waals surface area contributed by atoms with Crippen LogP contribution < -0.4 is 5.32 Å². The maximum absolute atomic E-state index is 12.4. The molecule has 1 heterocycles. The van der Waals surface area contributed by atoms with E-state index < -0.39 is 12.0 Å². The molecule has 5 nitrogen and oxygen atoms in total. The normalized spacial score (nSPS) is 26.1. The van der Waals surface area contributed by atoms with Gasteiger partial charge in [-0.2, -0.15) is 0 Å². The molecule has 0 spiro atoms. The van der Waals surface area contributed by atoms with E-state index in [4.69, 9.17) is 0 Å². The van der Waals surface area contributed by atoms with Crippen LogP contribution in [0.2, 0.25) is 0 Å². The van der Waals surface area contributed by atoms with Gasteiger partial charge in [0.15, 0.2) is 0 Å². The summed E-state index contributed by atoms with van der Waals surface area (Å²) in [6.07, 6.45) is 5.51. The number of carboxylic acids is 1. The number of carboxylic acid groups (broad SMARTS) is 1. The minimum absolute atomic E-state index is 0.0373. The van der Waals surface area contributed by atoms with Gasteiger partial charge in [0, 0.05) is 33.9 Å². The molecule has 2 saturated carbocycles. The van der Waals surface area contributed by atoms with E-state index in [0.29, 0.717) is 11.8 Å². The molecule has 2 aliphatic carbocycles. The molecule has 2 aliphatic rings. The number of aliphatic carboxylic acids is 1. The third-order valence-electron chi connectivity index (χ3n) is 5.48. The van der Waals surface area contributed by atoms with E-state index in [-0.39, 0.29) is 18.2 Å². The SMILES string of the molecule is O=C(O)C(Cc1c[nH]c2cccc(Br)c12)NC(=O)C1C2CCCC21. The van der Waals surface area contributed by atoms with Gasteiger partial charge in [0.25, 0.3) is 0 Å². The van der Waals surface area contributed by atoms with Crippen LogP contribution in [0.25, 0.3) is 10.9 Å². The molecule has 0 radical (unpaired) electrons. The standard InChI is InChI=1S/C18H19BrN2O3/c19-12-5-2-6-13-15(12)9(8-20-13)7-14(18(23)24)21-17(22)16-10-3-1-4-11(10)16/h2,5-6,8,10-11,14,16,20H,1,3-4,7H2,(H,21,22)(H,23,24). The summed E-state index contributed by atoms with van der Waals surface area (Å²) in [5, 5.41) is 13.3. The fourth-order valence-corrected chi connectivity index (χ4v) is 4.89. The van der Waals surface area contributed by atoms with E-state index >= 15 is 0 Å². The summed E-state index contributed by atoms with van der Waals surface area (Å²) in [6, 6.07) is 4.91. The van der Waals surface area contributed by atoms with Crippen LogP contribution in [0.5, 0.6) is 0 Å². The number of fused-ring (bicyclic) bond motifs is 2. The van der Waals surface area contributed by atoms with Crippen molar-refractivity contribution in [2.45, 2.75) is 31.7 Å². The number of amides is 1. The average molecular weight is 391 g/mol. The van der Waals surface area contributed by atoms with Gasteiger partial charge in [-0.15, -0.1) is 0 Å². The Labute approximate surface area is 147 Å². The quantitative estimate of drug-likeness (QED) is 0.733. The van der Waals surface area contributed by atoms with Crippen molar-refractivity contribution >= 4 is 38.7 Å². The molecular formula is C18H19BrN2O3. The molecule has 0 bridgehead atoms. The zero-order valence-corrected chi connectivity index (χ0v) is 14.7. The molecule has 0 saturated heterocycles. The van der Waals surface area contributed by atoms with Crippen LogP contribution >= 0.6 is 15.9 Å². The van der Waals surface area contributed by atoms with Crippen molar-refractivity contribution in [3.8, 4) is 0 Å². The smallest absolute Gasteiger partial charge is 0.326 e. The Kier molecular flexibility index (Phi) is 3.87. The van der Waals surface area contributed by atoms with Crippen LogP contribution in [0.3, 0.4) is 0 Å². The van der Waals surface area contributed by atoms with Crippen LogP contribution in [-0.4, -0.2) is 28.0 Å². The van der Waals surface area contributed by atoms with E-state index in [1.807, 2.05) is 24.4 Å². The number of aromatic amines is 1. The van der Waals surface area contributed by atoms with Gasteiger partial charge in [-0.05, 0) is 42.4 Å². The van der Waals surface area contributed by atoms with E-state index in [2.05, 4.69) is 26.2 Å². The number of nitrogens with one attached hydrogen (secondary N) is 2. The Hall–Kier alpha value is -1.82. The van der Waals surface area contributed by atoms with Gasteiger partial charge in [0.1, 0.15) is 6.04 Å². The van der Waals surface area contributed by atoms with Crippen LogP contribution in [0, 0.1) is 17.8 Å². The van der Waals surface area contributed by atoms with Gasteiger partial charge in [-0.25, -0.2) is 4.79 Å². The van der Waals surface area contributed by atoms with Crippen molar-refractivity contribution in [2.24, 2.45) is 17.8 Å². The second-order valence-corrected chi connectivity index (χ2v) is 7.72. The molecule has 2 aromatic rings. The van der Waals surface area contributed by atoms with Gasteiger partial charge >= 0.3 is 5.97 Å². The highest BCUT2D eigenvalue weighted by Gasteiger charge is 2.56. The second-order valence-electron chi connectivity index (χ2n) is 6.86. The highest BCUT2D eigenvalue weighted by Crippen LogP contribution is 2.57. The minimum Gasteiger partial charge on any atom is -0.480 e. The highest BCUT2D eigenvalue weighted by atomic mass is 79.9. The molecule has 1 amide bonds. The molecule has 0 aliphatic heterocycles. The Balaban J connectivity index is 1.51. The van der Waals surface area contributed by atoms with E-state index in [1.54, 1.807) is 0 Å². The van der Waals surface area contributed by atoms with Crippen molar-refractivity contribution in [3.05, 3.63) is 34.4 Å². The van der Waals surface area contributed by atoms with Crippen LogP contribution in [-0.2, 0) is 16.0 Å². The minimum atomic E-state index is -0.990. The molecule has 1 aromatic carbocycles. The third-order valence-corrected chi connectivity index (χ3v) is 6.15. The monoisotopic (exact) mass is 390 g/mol. The lowest BCUT2D eigenvalue weighted by Crippen LogP contribution is -2.43. The van der Waals surface area contributed by atoms with Crippen molar-refractivity contribution < 1.29 is 14.7 Å². The van der Waals surface area contributed by atoms with Crippen LogP contribution in [0.4, 0.5) is 0 Å². The molecule has 1 aromatic heterocycles. The van der Waals surface area contributed by atoms with Gasteiger partial charge in [0.05, 0.1) is 0 Å². The number of benzene rings is 1. The first kappa shape index (κ1) is 15.7. The second kappa shape index (κ2) is 5.92. The Morgan fingerprint density at radius 3 is 2.79 bits per heavy atom. The number of carbonyl (C=O) groups excluding carboxylic acids is 1. The molecule has 3 unspecified atom stereocenters. The Morgan fingerprint density at radius 2 is 2.08 bits per heavy atom. The van der Waals surface area contributed by atoms with Crippen molar-refractivity contribution in [2.75, 3.05) is 0 Å². The zero-order valence-electron chi connectivity index (χ0n) is 13.1. The summed E-state index contributed by atoms with van der Waals surface area (Å²) in [7, 11) is 0. The van der Waals surface area contributed by atoms with E-state index in [0.717, 1.165) is 33.8 Å². The maximum atomic E-state index is 12.4. The first-order valence-corrected chi connectivity index (χ1v) is 9.13.